The van der Waals surface area contributed by atoms with Gasteiger partial charge in [0.25, 0.3) is 11.7 Å². The highest BCUT2D eigenvalue weighted by atomic mass is 32.1. The first kappa shape index (κ1) is 23.8. The van der Waals surface area contributed by atoms with Crippen molar-refractivity contribution in [3.8, 4) is 11.5 Å². The van der Waals surface area contributed by atoms with E-state index in [0.29, 0.717) is 30.2 Å². The van der Waals surface area contributed by atoms with Crippen LogP contribution in [0, 0.1) is 6.92 Å². The second-order valence-corrected chi connectivity index (χ2v) is 8.50. The van der Waals surface area contributed by atoms with Gasteiger partial charge in [0.15, 0.2) is 0 Å². The summed E-state index contributed by atoms with van der Waals surface area (Å²) in [5.74, 6) is -0.656. The van der Waals surface area contributed by atoms with Gasteiger partial charge in [0, 0.05) is 18.0 Å². The van der Waals surface area contributed by atoms with Crippen molar-refractivity contribution in [3.63, 3.8) is 0 Å². The lowest BCUT2D eigenvalue weighted by atomic mass is 9.98. The van der Waals surface area contributed by atoms with Crippen LogP contribution >= 0.6 is 11.3 Å². The van der Waals surface area contributed by atoms with E-state index in [1.165, 1.54) is 25.6 Å². The number of rotatable bonds is 9. The first-order valence-corrected chi connectivity index (χ1v) is 11.5. The van der Waals surface area contributed by atoms with Gasteiger partial charge < -0.3 is 24.4 Å². The Kier molecular flexibility index (Phi) is 7.58. The van der Waals surface area contributed by atoms with Crippen molar-refractivity contribution in [1.82, 2.24) is 9.80 Å². The summed E-state index contributed by atoms with van der Waals surface area (Å²) in [4.78, 5) is 30.9. The average molecular weight is 459 g/mol. The maximum Gasteiger partial charge on any atom is 0.295 e. The molecule has 2 aromatic rings. The Bertz CT molecular complexity index is 1030. The number of ketones is 1. The van der Waals surface area contributed by atoms with E-state index in [2.05, 4.69) is 18.7 Å². The number of amides is 1. The van der Waals surface area contributed by atoms with Crippen molar-refractivity contribution in [2.45, 2.75) is 26.8 Å². The third kappa shape index (κ3) is 4.38. The second-order valence-electron chi connectivity index (χ2n) is 7.55. The van der Waals surface area contributed by atoms with E-state index in [1.54, 1.807) is 23.1 Å². The van der Waals surface area contributed by atoms with Gasteiger partial charge in [-0.25, -0.2) is 0 Å². The SMILES string of the molecule is CCN(CC)CCN1C(=O)C(=O)/C(=C(/O)c2cc(OC)ccc2OC)C1c1sccc1C. The molecule has 0 spiro atoms. The lowest BCUT2D eigenvalue weighted by Crippen LogP contribution is -2.37. The Morgan fingerprint density at radius 2 is 1.88 bits per heavy atom. The van der Waals surface area contributed by atoms with Crippen molar-refractivity contribution in [1.29, 1.82) is 0 Å². The Labute approximate surface area is 192 Å². The molecule has 1 atom stereocenters. The maximum absolute atomic E-state index is 13.2. The van der Waals surface area contributed by atoms with Crippen LogP contribution in [0.1, 0.15) is 35.9 Å². The molecule has 8 heteroatoms. The highest BCUT2D eigenvalue weighted by Gasteiger charge is 2.47. The topological polar surface area (TPSA) is 79.3 Å². The molecule has 1 aliphatic rings. The van der Waals surface area contributed by atoms with Crippen molar-refractivity contribution in [2.24, 2.45) is 0 Å². The number of aryl methyl sites for hydroxylation is 1. The van der Waals surface area contributed by atoms with Crippen LogP contribution in [0.2, 0.25) is 0 Å². The fraction of sp³-hybridized carbons (Fsp3) is 0.417. The molecular formula is C24H30N2O5S. The van der Waals surface area contributed by atoms with Gasteiger partial charge in [0.1, 0.15) is 17.3 Å². The highest BCUT2D eigenvalue weighted by Crippen LogP contribution is 2.44. The number of hydrogen-bond acceptors (Lipinski definition) is 7. The van der Waals surface area contributed by atoms with Crippen molar-refractivity contribution >= 4 is 28.8 Å². The van der Waals surface area contributed by atoms with Gasteiger partial charge in [0.05, 0.1) is 31.4 Å². The normalized spacial score (nSPS) is 17.9. The minimum atomic E-state index is -0.690. The summed E-state index contributed by atoms with van der Waals surface area (Å²) in [6.45, 7) is 8.81. The fourth-order valence-electron chi connectivity index (χ4n) is 3.98. The summed E-state index contributed by atoms with van der Waals surface area (Å²) >= 11 is 1.47. The number of methoxy groups -OCH3 is 2. The molecule has 0 radical (unpaired) electrons. The third-order valence-electron chi connectivity index (χ3n) is 5.90. The van der Waals surface area contributed by atoms with Gasteiger partial charge in [-0.05, 0) is 55.2 Å². The fourth-order valence-corrected chi connectivity index (χ4v) is 5.03. The maximum atomic E-state index is 13.2. The summed E-state index contributed by atoms with van der Waals surface area (Å²) in [5, 5.41) is 13.3. The second kappa shape index (κ2) is 10.2. The summed E-state index contributed by atoms with van der Waals surface area (Å²) in [6, 6.07) is 6.28. The van der Waals surface area contributed by atoms with E-state index in [0.717, 1.165) is 23.5 Å². The summed E-state index contributed by atoms with van der Waals surface area (Å²) in [7, 11) is 3.01. The summed E-state index contributed by atoms with van der Waals surface area (Å²) < 4.78 is 10.7. The lowest BCUT2D eigenvalue weighted by molar-refractivity contribution is -0.140. The molecule has 0 bridgehead atoms. The van der Waals surface area contributed by atoms with Crippen LogP contribution in [0.4, 0.5) is 0 Å². The van der Waals surface area contributed by atoms with Crippen LogP contribution < -0.4 is 9.47 Å². The van der Waals surface area contributed by atoms with Crippen LogP contribution in [-0.2, 0) is 9.59 Å². The number of carbonyl (C=O) groups is 2. The van der Waals surface area contributed by atoms with Crippen LogP contribution in [-0.4, -0.2) is 67.0 Å². The summed E-state index contributed by atoms with van der Waals surface area (Å²) in [5.41, 5.74) is 1.36. The van der Waals surface area contributed by atoms with Crippen molar-refractivity contribution < 1.29 is 24.2 Å². The molecule has 1 saturated heterocycles. The molecular weight excluding hydrogens is 428 g/mol. The predicted molar refractivity (Wildman–Crippen MR) is 125 cm³/mol. The van der Waals surface area contributed by atoms with Crippen molar-refractivity contribution in [2.75, 3.05) is 40.4 Å². The van der Waals surface area contributed by atoms with Gasteiger partial charge in [-0.1, -0.05) is 13.8 Å². The van der Waals surface area contributed by atoms with Crippen LogP contribution in [0.25, 0.3) is 5.76 Å². The van der Waals surface area contributed by atoms with Crippen LogP contribution in [0.3, 0.4) is 0 Å². The number of aliphatic hydroxyl groups is 1. The zero-order valence-electron chi connectivity index (χ0n) is 19.2. The van der Waals surface area contributed by atoms with Gasteiger partial charge >= 0.3 is 0 Å². The van der Waals surface area contributed by atoms with E-state index < -0.39 is 17.7 Å². The molecule has 3 rings (SSSR count). The molecule has 1 aromatic carbocycles. The number of aliphatic hydroxyl groups excluding tert-OH is 1. The molecule has 1 N–H and O–H groups in total. The van der Waals surface area contributed by atoms with E-state index >= 15 is 0 Å². The number of ether oxygens (including phenoxy) is 2. The number of benzene rings is 1. The molecule has 32 heavy (non-hydrogen) atoms. The molecule has 1 aromatic heterocycles. The quantitative estimate of drug-likeness (QED) is 0.349. The Hall–Kier alpha value is -2.84. The zero-order chi connectivity index (χ0) is 23.4. The van der Waals surface area contributed by atoms with Gasteiger partial charge in [0.2, 0.25) is 0 Å². The van der Waals surface area contributed by atoms with Gasteiger partial charge in [-0.2, -0.15) is 0 Å². The molecule has 2 heterocycles. The van der Waals surface area contributed by atoms with Crippen LogP contribution in [0.15, 0.2) is 35.2 Å². The van der Waals surface area contributed by atoms with Crippen molar-refractivity contribution in [3.05, 3.63) is 51.2 Å². The van der Waals surface area contributed by atoms with E-state index in [-0.39, 0.29) is 11.3 Å². The number of hydrogen-bond donors (Lipinski definition) is 1. The van der Waals surface area contributed by atoms with E-state index in [4.69, 9.17) is 9.47 Å². The molecule has 1 amide bonds. The molecule has 1 aliphatic heterocycles. The minimum absolute atomic E-state index is 0.0756. The predicted octanol–water partition coefficient (Wildman–Crippen LogP) is 3.84. The molecule has 1 fully saturated rings. The zero-order valence-corrected chi connectivity index (χ0v) is 20.0. The number of nitrogens with zero attached hydrogens (tertiary/aromatic N) is 2. The van der Waals surface area contributed by atoms with Gasteiger partial charge in [-0.15, -0.1) is 11.3 Å². The third-order valence-corrected chi connectivity index (χ3v) is 6.97. The Morgan fingerprint density at radius 1 is 1.16 bits per heavy atom. The number of likely N-dealkylation sites (tertiary alicyclic amines) is 1. The molecule has 0 aliphatic carbocycles. The van der Waals surface area contributed by atoms with E-state index in [1.807, 2.05) is 18.4 Å². The monoisotopic (exact) mass is 458 g/mol. The number of thiophene rings is 1. The highest BCUT2D eigenvalue weighted by molar-refractivity contribution is 7.10. The van der Waals surface area contributed by atoms with Crippen LogP contribution in [0.5, 0.6) is 11.5 Å². The average Bonchev–Trinajstić information content (AvgIpc) is 3.34. The smallest absolute Gasteiger partial charge is 0.295 e. The minimum Gasteiger partial charge on any atom is -0.507 e. The largest absolute Gasteiger partial charge is 0.507 e. The first-order valence-electron chi connectivity index (χ1n) is 10.6. The molecule has 7 nitrogen and oxygen atoms in total. The van der Waals surface area contributed by atoms with Gasteiger partial charge in [-0.3, -0.25) is 9.59 Å². The number of Topliss-reactive ketones (excluding diaryl/α,β-unsaturated/α-hetero) is 1. The molecule has 1 unspecified atom stereocenters. The number of likely N-dealkylation sites (N-methyl/N-ethyl adjacent to an activating group) is 1. The Balaban J connectivity index is 2.16. The summed E-state index contributed by atoms with van der Waals surface area (Å²) in [6.07, 6.45) is 0. The standard InChI is InChI=1S/C24H30N2O5S/c1-6-25(7-2)11-12-26-20(23-15(3)10-13-32-23)19(22(28)24(26)29)21(27)17-14-16(30-4)8-9-18(17)31-5/h8-10,13-14,20,27H,6-7,11-12H2,1-5H3/b21-19+. The van der Waals surface area contributed by atoms with E-state index in [9.17, 15) is 14.7 Å². The lowest BCUT2D eigenvalue weighted by Gasteiger charge is -2.28. The first-order chi connectivity index (χ1) is 15.4. The Morgan fingerprint density at radius 3 is 2.44 bits per heavy atom. The number of carbonyl (C=O) groups excluding carboxylic acids is 2. The molecule has 0 saturated carbocycles. The molecule has 172 valence electrons.